The van der Waals surface area contributed by atoms with E-state index in [1.54, 1.807) is 0 Å². The Morgan fingerprint density at radius 2 is 0.786 bits per heavy atom. The summed E-state index contributed by atoms with van der Waals surface area (Å²) in [6.45, 7) is 5.78. The molecule has 0 bridgehead atoms. The van der Waals surface area contributed by atoms with Gasteiger partial charge in [0.15, 0.2) is 0 Å². The van der Waals surface area contributed by atoms with Crippen LogP contribution in [0, 0.1) is 13.8 Å². The summed E-state index contributed by atoms with van der Waals surface area (Å²) in [7, 11) is 0. The normalized spacial score (nSPS) is 11.2. The predicted molar refractivity (Wildman–Crippen MR) is 165 cm³/mol. The summed E-state index contributed by atoms with van der Waals surface area (Å²) in [4.78, 5) is 18.7. The standard InChI is InChI=1S/C36H32N4O2/c1-25-9-3-17-33(37-25)35-19-7-13-29(39-35)23-41-21-27-11-5-16-32-28(12-6-15-31(27)32)22-42-24-30-14-8-20-36(40-30)34-18-4-10-26(2)38-34/h3-20H,21-24H2,1-2H3. The molecule has 0 spiro atoms. The van der Waals surface area contributed by atoms with Crippen LogP contribution in [0.2, 0.25) is 0 Å². The molecule has 4 aromatic heterocycles. The highest BCUT2D eigenvalue weighted by atomic mass is 16.5. The molecule has 0 unspecified atom stereocenters. The van der Waals surface area contributed by atoms with E-state index in [0.29, 0.717) is 26.4 Å². The van der Waals surface area contributed by atoms with Crippen LogP contribution in [-0.4, -0.2) is 19.9 Å². The van der Waals surface area contributed by atoms with Gasteiger partial charge >= 0.3 is 0 Å². The van der Waals surface area contributed by atoms with Gasteiger partial charge in [-0.05, 0) is 84.3 Å². The van der Waals surface area contributed by atoms with Crippen LogP contribution in [0.15, 0.2) is 109 Å². The first kappa shape index (κ1) is 27.4. The molecule has 4 heterocycles. The van der Waals surface area contributed by atoms with Crippen molar-refractivity contribution in [2.45, 2.75) is 40.3 Å². The maximum absolute atomic E-state index is 6.13. The molecule has 0 N–H and O–H groups in total. The average Bonchev–Trinajstić information content (AvgIpc) is 3.02. The third kappa shape index (κ3) is 6.57. The molecular weight excluding hydrogens is 520 g/mol. The first-order valence-electron chi connectivity index (χ1n) is 14.1. The number of rotatable bonds is 10. The third-order valence-corrected chi connectivity index (χ3v) is 7.03. The molecule has 0 aliphatic rings. The first-order valence-corrected chi connectivity index (χ1v) is 14.1. The molecule has 208 valence electrons. The van der Waals surface area contributed by atoms with Crippen molar-refractivity contribution in [1.82, 2.24) is 19.9 Å². The van der Waals surface area contributed by atoms with E-state index in [0.717, 1.165) is 67.5 Å². The van der Waals surface area contributed by atoms with E-state index in [2.05, 4.69) is 46.4 Å². The number of ether oxygens (including phenoxy) is 2. The summed E-state index contributed by atoms with van der Waals surface area (Å²) < 4.78 is 12.3. The summed E-state index contributed by atoms with van der Waals surface area (Å²) in [5.41, 5.74) is 9.39. The van der Waals surface area contributed by atoms with Gasteiger partial charge in [-0.25, -0.2) is 9.97 Å². The molecule has 0 fully saturated rings. The maximum atomic E-state index is 6.13. The number of hydrogen-bond donors (Lipinski definition) is 0. The van der Waals surface area contributed by atoms with Gasteiger partial charge in [0.05, 0.1) is 60.6 Å². The molecule has 6 rings (SSSR count). The Bertz CT molecular complexity index is 1700. The molecule has 0 atom stereocenters. The highest BCUT2D eigenvalue weighted by Gasteiger charge is 2.09. The van der Waals surface area contributed by atoms with Crippen LogP contribution in [-0.2, 0) is 35.9 Å². The van der Waals surface area contributed by atoms with Gasteiger partial charge < -0.3 is 9.47 Å². The number of fused-ring (bicyclic) bond motifs is 1. The van der Waals surface area contributed by atoms with Gasteiger partial charge in [0.1, 0.15) is 0 Å². The van der Waals surface area contributed by atoms with Crippen LogP contribution in [0.1, 0.15) is 33.9 Å². The molecule has 0 aliphatic carbocycles. The zero-order valence-corrected chi connectivity index (χ0v) is 23.8. The zero-order valence-electron chi connectivity index (χ0n) is 23.8. The fourth-order valence-corrected chi connectivity index (χ4v) is 5.00. The minimum Gasteiger partial charge on any atom is -0.370 e. The monoisotopic (exact) mass is 552 g/mol. The Hall–Kier alpha value is -4.78. The minimum atomic E-state index is 0.420. The van der Waals surface area contributed by atoms with Crippen LogP contribution in [0.5, 0.6) is 0 Å². The molecule has 2 aromatic carbocycles. The van der Waals surface area contributed by atoms with E-state index >= 15 is 0 Å². The van der Waals surface area contributed by atoms with E-state index < -0.39 is 0 Å². The van der Waals surface area contributed by atoms with Crippen molar-refractivity contribution < 1.29 is 9.47 Å². The van der Waals surface area contributed by atoms with E-state index in [1.165, 1.54) is 0 Å². The maximum Gasteiger partial charge on any atom is 0.0892 e. The van der Waals surface area contributed by atoms with E-state index in [9.17, 15) is 0 Å². The van der Waals surface area contributed by atoms with E-state index in [1.807, 2.05) is 86.6 Å². The number of pyridine rings is 4. The zero-order chi connectivity index (χ0) is 28.7. The van der Waals surface area contributed by atoms with Crippen LogP contribution in [0.3, 0.4) is 0 Å². The van der Waals surface area contributed by atoms with Gasteiger partial charge in [0.2, 0.25) is 0 Å². The van der Waals surface area contributed by atoms with Crippen molar-refractivity contribution in [2.24, 2.45) is 0 Å². The summed E-state index contributed by atoms with van der Waals surface area (Å²) >= 11 is 0. The average molecular weight is 553 g/mol. The van der Waals surface area contributed by atoms with Gasteiger partial charge in [-0.1, -0.05) is 60.7 Å². The lowest BCUT2D eigenvalue weighted by Gasteiger charge is -2.12. The number of aromatic nitrogens is 4. The summed E-state index contributed by atoms with van der Waals surface area (Å²) in [6.07, 6.45) is 0. The second kappa shape index (κ2) is 12.8. The number of aryl methyl sites for hydroxylation is 2. The summed E-state index contributed by atoms with van der Waals surface area (Å²) in [5.74, 6) is 0. The molecule has 0 amide bonds. The van der Waals surface area contributed by atoms with E-state index in [-0.39, 0.29) is 0 Å². The van der Waals surface area contributed by atoms with Gasteiger partial charge in [-0.2, -0.15) is 0 Å². The molecule has 0 aliphatic heterocycles. The molecule has 6 heteroatoms. The molecule has 0 saturated carbocycles. The van der Waals surface area contributed by atoms with Crippen LogP contribution in [0.25, 0.3) is 33.5 Å². The van der Waals surface area contributed by atoms with Crippen molar-refractivity contribution in [3.05, 3.63) is 143 Å². The fraction of sp³-hybridized carbons (Fsp3) is 0.167. The molecular formula is C36H32N4O2. The fourth-order valence-electron chi connectivity index (χ4n) is 5.00. The molecule has 42 heavy (non-hydrogen) atoms. The highest BCUT2D eigenvalue weighted by molar-refractivity contribution is 5.88. The highest BCUT2D eigenvalue weighted by Crippen LogP contribution is 2.25. The topological polar surface area (TPSA) is 70.0 Å². The molecule has 0 saturated heterocycles. The summed E-state index contributed by atoms with van der Waals surface area (Å²) in [5, 5.41) is 2.32. The summed E-state index contributed by atoms with van der Waals surface area (Å²) in [6, 6.07) is 36.5. The Kier molecular flexibility index (Phi) is 8.36. The lowest BCUT2D eigenvalue weighted by Crippen LogP contribution is -2.00. The smallest absolute Gasteiger partial charge is 0.0892 e. The van der Waals surface area contributed by atoms with Crippen molar-refractivity contribution >= 4 is 10.8 Å². The molecule has 6 nitrogen and oxygen atoms in total. The van der Waals surface area contributed by atoms with Gasteiger partial charge in [0.25, 0.3) is 0 Å². The largest absolute Gasteiger partial charge is 0.370 e. The minimum absolute atomic E-state index is 0.420. The van der Waals surface area contributed by atoms with Crippen molar-refractivity contribution in [3.8, 4) is 22.8 Å². The Morgan fingerprint density at radius 3 is 1.21 bits per heavy atom. The van der Waals surface area contributed by atoms with Crippen LogP contribution < -0.4 is 0 Å². The first-order chi connectivity index (χ1) is 20.6. The van der Waals surface area contributed by atoms with Crippen molar-refractivity contribution in [1.29, 1.82) is 0 Å². The quantitative estimate of drug-likeness (QED) is 0.173. The van der Waals surface area contributed by atoms with Gasteiger partial charge in [0, 0.05) is 11.4 Å². The number of benzene rings is 2. The van der Waals surface area contributed by atoms with Gasteiger partial charge in [-0.15, -0.1) is 0 Å². The Morgan fingerprint density at radius 1 is 0.405 bits per heavy atom. The SMILES string of the molecule is Cc1cccc(-c2cccc(COCc3cccc4c(COCc5cccc(-c6cccc(C)n6)n5)cccc34)n2)n1. The third-order valence-electron chi connectivity index (χ3n) is 7.03. The molecule has 0 radical (unpaired) electrons. The Balaban J connectivity index is 1.10. The number of hydrogen-bond acceptors (Lipinski definition) is 6. The predicted octanol–water partition coefficient (Wildman–Crippen LogP) is 7.80. The van der Waals surface area contributed by atoms with Gasteiger partial charge in [-0.3, -0.25) is 9.97 Å². The lowest BCUT2D eigenvalue weighted by molar-refractivity contribution is 0.105. The van der Waals surface area contributed by atoms with Crippen LogP contribution in [0.4, 0.5) is 0 Å². The van der Waals surface area contributed by atoms with Crippen LogP contribution >= 0.6 is 0 Å². The van der Waals surface area contributed by atoms with Crippen molar-refractivity contribution in [2.75, 3.05) is 0 Å². The van der Waals surface area contributed by atoms with Crippen molar-refractivity contribution in [3.63, 3.8) is 0 Å². The second-order valence-corrected chi connectivity index (χ2v) is 10.3. The van der Waals surface area contributed by atoms with E-state index in [4.69, 9.17) is 19.4 Å². The Labute approximate surface area is 246 Å². The second-order valence-electron chi connectivity index (χ2n) is 10.3. The lowest BCUT2D eigenvalue weighted by atomic mass is 10.0. The molecule has 6 aromatic rings. The number of nitrogens with zero attached hydrogens (tertiary/aromatic N) is 4.